The summed E-state index contributed by atoms with van der Waals surface area (Å²) in [5.74, 6) is -1.38. The molecule has 19 heavy (non-hydrogen) atoms. The molecule has 0 bridgehead atoms. The van der Waals surface area contributed by atoms with Crippen LogP contribution in [0.15, 0.2) is 12.1 Å². The van der Waals surface area contributed by atoms with Crippen molar-refractivity contribution in [3.8, 4) is 0 Å². The fourth-order valence-corrected chi connectivity index (χ4v) is 1.93. The van der Waals surface area contributed by atoms with Crippen molar-refractivity contribution in [3.05, 3.63) is 23.8 Å². The molecule has 0 atom stereocenters. The molecule has 0 heterocycles. The van der Waals surface area contributed by atoms with Crippen LogP contribution in [0.2, 0.25) is 0 Å². The Morgan fingerprint density at radius 1 is 1.16 bits per heavy atom. The van der Waals surface area contributed by atoms with Crippen molar-refractivity contribution in [3.63, 3.8) is 0 Å². The highest BCUT2D eigenvalue weighted by atomic mass is 19.2. The van der Waals surface area contributed by atoms with E-state index in [9.17, 15) is 8.78 Å². The SMILES string of the molecule is CC(C)CN(CCN(C)C)c1c(N)ccc(F)c1F. The monoisotopic (exact) mass is 271 g/mol. The predicted octanol–water partition coefficient (Wildman–Crippen LogP) is 2.57. The van der Waals surface area contributed by atoms with E-state index in [1.165, 1.54) is 6.07 Å². The molecule has 0 aliphatic carbocycles. The minimum absolute atomic E-state index is 0.176. The highest BCUT2D eigenvalue weighted by molar-refractivity contribution is 5.68. The molecule has 0 aliphatic heterocycles. The minimum atomic E-state index is -0.862. The molecule has 0 saturated heterocycles. The molecule has 1 rings (SSSR count). The van der Waals surface area contributed by atoms with E-state index in [2.05, 4.69) is 0 Å². The second-order valence-electron chi connectivity index (χ2n) is 5.44. The molecule has 0 spiro atoms. The number of anilines is 2. The fourth-order valence-electron chi connectivity index (χ4n) is 1.93. The van der Waals surface area contributed by atoms with Gasteiger partial charge in [-0.25, -0.2) is 8.78 Å². The summed E-state index contributed by atoms with van der Waals surface area (Å²) in [6.07, 6.45) is 0. The van der Waals surface area contributed by atoms with Crippen LogP contribution in [-0.4, -0.2) is 38.6 Å². The number of nitrogen functional groups attached to an aromatic ring is 1. The van der Waals surface area contributed by atoms with Crippen molar-refractivity contribution in [2.45, 2.75) is 13.8 Å². The van der Waals surface area contributed by atoms with Crippen LogP contribution in [0.5, 0.6) is 0 Å². The molecule has 0 amide bonds. The van der Waals surface area contributed by atoms with Crippen LogP contribution < -0.4 is 10.6 Å². The van der Waals surface area contributed by atoms with Gasteiger partial charge in [-0.3, -0.25) is 0 Å². The summed E-state index contributed by atoms with van der Waals surface area (Å²) in [6, 6.07) is 2.48. The maximum atomic E-state index is 14.0. The maximum Gasteiger partial charge on any atom is 0.184 e. The van der Waals surface area contributed by atoms with E-state index in [1.807, 2.05) is 37.7 Å². The van der Waals surface area contributed by atoms with E-state index in [0.29, 0.717) is 19.0 Å². The summed E-state index contributed by atoms with van der Waals surface area (Å²) in [4.78, 5) is 3.82. The number of hydrogen-bond acceptors (Lipinski definition) is 3. The van der Waals surface area contributed by atoms with Crippen LogP contribution in [-0.2, 0) is 0 Å². The maximum absolute atomic E-state index is 14.0. The summed E-state index contributed by atoms with van der Waals surface area (Å²) < 4.78 is 27.4. The van der Waals surface area contributed by atoms with Crippen LogP contribution in [0.25, 0.3) is 0 Å². The van der Waals surface area contributed by atoms with Gasteiger partial charge in [-0.1, -0.05) is 13.8 Å². The van der Waals surface area contributed by atoms with Gasteiger partial charge in [0, 0.05) is 19.6 Å². The minimum Gasteiger partial charge on any atom is -0.397 e. The number of benzene rings is 1. The van der Waals surface area contributed by atoms with Gasteiger partial charge < -0.3 is 15.5 Å². The molecule has 0 aromatic heterocycles. The number of likely N-dealkylation sites (N-methyl/N-ethyl adjacent to an activating group) is 1. The normalized spacial score (nSPS) is 11.4. The number of nitrogens with zero attached hydrogens (tertiary/aromatic N) is 2. The molecular formula is C14H23F2N3. The largest absolute Gasteiger partial charge is 0.397 e. The van der Waals surface area contributed by atoms with E-state index >= 15 is 0 Å². The van der Waals surface area contributed by atoms with Gasteiger partial charge in [0.15, 0.2) is 11.6 Å². The van der Waals surface area contributed by atoms with E-state index in [-0.39, 0.29) is 11.4 Å². The molecule has 2 N–H and O–H groups in total. The summed E-state index contributed by atoms with van der Waals surface area (Å²) >= 11 is 0. The zero-order chi connectivity index (χ0) is 14.6. The van der Waals surface area contributed by atoms with Gasteiger partial charge >= 0.3 is 0 Å². The summed E-state index contributed by atoms with van der Waals surface area (Å²) in [5, 5.41) is 0. The molecule has 0 unspecified atom stereocenters. The topological polar surface area (TPSA) is 32.5 Å². The fraction of sp³-hybridized carbons (Fsp3) is 0.571. The Kier molecular flexibility index (Phi) is 5.54. The van der Waals surface area contributed by atoms with E-state index in [1.54, 1.807) is 0 Å². The zero-order valence-electron chi connectivity index (χ0n) is 12.1. The molecular weight excluding hydrogens is 248 g/mol. The molecule has 0 aliphatic rings. The van der Waals surface area contributed by atoms with Crippen molar-refractivity contribution in [1.29, 1.82) is 0 Å². The molecule has 5 heteroatoms. The Balaban J connectivity index is 3.05. The first kappa shape index (κ1) is 15.7. The Morgan fingerprint density at radius 3 is 2.32 bits per heavy atom. The van der Waals surface area contributed by atoms with Crippen LogP contribution in [0.3, 0.4) is 0 Å². The van der Waals surface area contributed by atoms with Gasteiger partial charge in [-0.15, -0.1) is 0 Å². The van der Waals surface area contributed by atoms with Crippen molar-refractivity contribution in [2.24, 2.45) is 5.92 Å². The number of halogens is 2. The van der Waals surface area contributed by atoms with Crippen molar-refractivity contribution in [2.75, 3.05) is 44.4 Å². The molecule has 108 valence electrons. The zero-order valence-corrected chi connectivity index (χ0v) is 12.1. The van der Waals surface area contributed by atoms with Crippen molar-refractivity contribution >= 4 is 11.4 Å². The second-order valence-corrected chi connectivity index (χ2v) is 5.44. The summed E-state index contributed by atoms with van der Waals surface area (Å²) in [7, 11) is 3.89. The van der Waals surface area contributed by atoms with Gasteiger partial charge in [0.05, 0.1) is 11.4 Å². The standard InChI is InChI=1S/C14H23F2N3/c1-10(2)9-19(8-7-18(3)4)14-12(17)6-5-11(15)13(14)16/h5-6,10H,7-9,17H2,1-4H3. The number of hydrogen-bond donors (Lipinski definition) is 1. The third kappa shape index (κ3) is 4.35. The highest BCUT2D eigenvalue weighted by Crippen LogP contribution is 2.29. The summed E-state index contributed by atoms with van der Waals surface area (Å²) in [6.45, 7) is 6.07. The lowest BCUT2D eigenvalue weighted by Gasteiger charge is -2.29. The van der Waals surface area contributed by atoms with Gasteiger partial charge in [0.25, 0.3) is 0 Å². The van der Waals surface area contributed by atoms with Gasteiger partial charge in [-0.2, -0.15) is 0 Å². The number of rotatable bonds is 6. The van der Waals surface area contributed by atoms with Gasteiger partial charge in [0.2, 0.25) is 0 Å². The molecule has 0 fully saturated rings. The highest BCUT2D eigenvalue weighted by Gasteiger charge is 2.19. The van der Waals surface area contributed by atoms with Crippen LogP contribution in [0.4, 0.5) is 20.2 Å². The molecule has 1 aromatic carbocycles. The third-order valence-electron chi connectivity index (χ3n) is 2.82. The number of nitrogens with two attached hydrogens (primary N) is 1. The first-order valence-electron chi connectivity index (χ1n) is 6.46. The Morgan fingerprint density at radius 2 is 1.79 bits per heavy atom. The van der Waals surface area contributed by atoms with Gasteiger partial charge in [-0.05, 0) is 32.1 Å². The second kappa shape index (κ2) is 6.70. The Bertz CT molecular complexity index is 419. The average molecular weight is 271 g/mol. The molecule has 3 nitrogen and oxygen atoms in total. The van der Waals surface area contributed by atoms with Crippen LogP contribution in [0, 0.1) is 17.6 Å². The quantitative estimate of drug-likeness (QED) is 0.807. The van der Waals surface area contributed by atoms with Gasteiger partial charge in [0.1, 0.15) is 0 Å². The lowest BCUT2D eigenvalue weighted by Crippen LogP contribution is -2.35. The Hall–Kier alpha value is -1.36. The van der Waals surface area contributed by atoms with Crippen molar-refractivity contribution < 1.29 is 8.78 Å². The average Bonchev–Trinajstić information content (AvgIpc) is 2.30. The van der Waals surface area contributed by atoms with Crippen LogP contribution >= 0.6 is 0 Å². The van der Waals surface area contributed by atoms with Crippen molar-refractivity contribution in [1.82, 2.24) is 4.90 Å². The molecule has 0 radical (unpaired) electrons. The van der Waals surface area contributed by atoms with E-state index in [4.69, 9.17) is 5.73 Å². The smallest absolute Gasteiger partial charge is 0.184 e. The first-order valence-corrected chi connectivity index (χ1v) is 6.46. The van der Waals surface area contributed by atoms with E-state index in [0.717, 1.165) is 12.6 Å². The lowest BCUT2D eigenvalue weighted by atomic mass is 10.1. The Labute approximate surface area is 114 Å². The summed E-state index contributed by atoms with van der Waals surface area (Å²) in [5.41, 5.74) is 6.26. The predicted molar refractivity (Wildman–Crippen MR) is 76.4 cm³/mol. The lowest BCUT2D eigenvalue weighted by molar-refractivity contribution is 0.407. The van der Waals surface area contributed by atoms with Crippen LogP contribution in [0.1, 0.15) is 13.8 Å². The molecule has 1 aromatic rings. The third-order valence-corrected chi connectivity index (χ3v) is 2.82. The first-order chi connectivity index (χ1) is 8.82. The van der Waals surface area contributed by atoms with E-state index < -0.39 is 11.6 Å². The molecule has 0 saturated carbocycles.